The molecule has 1 amide bonds. The fourth-order valence-corrected chi connectivity index (χ4v) is 7.27. The van der Waals surface area contributed by atoms with Gasteiger partial charge in [-0.1, -0.05) is 75.8 Å². The number of aryl methyl sites for hydroxylation is 1. The zero-order chi connectivity index (χ0) is 26.7. The van der Waals surface area contributed by atoms with Gasteiger partial charge in [-0.05, 0) is 62.8 Å². The lowest BCUT2D eigenvalue weighted by molar-refractivity contribution is -0.131. The Hall–Kier alpha value is -1.24. The molecule has 0 bridgehead atoms. The minimum Gasteiger partial charge on any atom is -0.390 e. The smallest absolute Gasteiger partial charge is 0.331 e. The Morgan fingerprint density at radius 3 is 2.41 bits per heavy atom. The summed E-state index contributed by atoms with van der Waals surface area (Å²) in [6.45, 7) is 3.97. The SMILES string of the molecule is CCC[C@H](OP(=O)(CCCc1ccccc1)OCC)C(=O)N[C@@H](CC1CCCCC1)[C@@H](O)[C@@H](O)C1CC1. The average molecular weight is 538 g/mol. The molecule has 0 radical (unpaired) electrons. The van der Waals surface area contributed by atoms with Gasteiger partial charge in [0.1, 0.15) is 12.2 Å². The lowest BCUT2D eigenvalue weighted by Gasteiger charge is -2.33. The van der Waals surface area contributed by atoms with Crippen LogP contribution in [0.1, 0.15) is 90.0 Å². The molecule has 7 nitrogen and oxygen atoms in total. The van der Waals surface area contributed by atoms with E-state index in [9.17, 15) is 19.6 Å². The van der Waals surface area contributed by atoms with Crippen molar-refractivity contribution in [1.82, 2.24) is 5.32 Å². The van der Waals surface area contributed by atoms with Gasteiger partial charge >= 0.3 is 7.60 Å². The average Bonchev–Trinajstić information content (AvgIpc) is 3.74. The van der Waals surface area contributed by atoms with Crippen molar-refractivity contribution in [3.05, 3.63) is 35.9 Å². The van der Waals surface area contributed by atoms with Crippen LogP contribution in [0, 0.1) is 11.8 Å². The number of benzene rings is 1. The van der Waals surface area contributed by atoms with E-state index in [1.807, 2.05) is 37.3 Å². The number of rotatable bonds is 17. The normalized spacial score (nSPS) is 21.5. The number of amides is 1. The number of aliphatic hydroxyl groups excluding tert-OH is 2. The first-order valence-electron chi connectivity index (χ1n) is 14.5. The van der Waals surface area contributed by atoms with Crippen LogP contribution in [0.2, 0.25) is 0 Å². The molecule has 0 aliphatic heterocycles. The summed E-state index contributed by atoms with van der Waals surface area (Å²) in [4.78, 5) is 13.5. The van der Waals surface area contributed by atoms with Gasteiger partial charge in [-0.15, -0.1) is 0 Å². The molecule has 1 aromatic carbocycles. The van der Waals surface area contributed by atoms with E-state index >= 15 is 0 Å². The Morgan fingerprint density at radius 1 is 1.08 bits per heavy atom. The molecule has 3 rings (SSSR count). The maximum absolute atomic E-state index is 13.6. The lowest BCUT2D eigenvalue weighted by Crippen LogP contribution is -2.52. The largest absolute Gasteiger partial charge is 0.390 e. The third-order valence-corrected chi connectivity index (χ3v) is 9.80. The van der Waals surface area contributed by atoms with Gasteiger partial charge in [0.15, 0.2) is 0 Å². The summed E-state index contributed by atoms with van der Waals surface area (Å²) in [5, 5.41) is 24.7. The van der Waals surface area contributed by atoms with Crippen LogP contribution in [0.15, 0.2) is 30.3 Å². The summed E-state index contributed by atoms with van der Waals surface area (Å²) in [6.07, 6.45) is 8.04. The second kappa shape index (κ2) is 15.4. The summed E-state index contributed by atoms with van der Waals surface area (Å²) >= 11 is 0. The molecule has 210 valence electrons. The van der Waals surface area contributed by atoms with Crippen molar-refractivity contribution < 1.29 is 28.6 Å². The van der Waals surface area contributed by atoms with Crippen LogP contribution in [0.3, 0.4) is 0 Å². The molecule has 0 saturated heterocycles. The molecule has 3 N–H and O–H groups in total. The van der Waals surface area contributed by atoms with E-state index in [1.54, 1.807) is 6.92 Å². The third-order valence-electron chi connectivity index (χ3n) is 7.70. The molecule has 37 heavy (non-hydrogen) atoms. The van der Waals surface area contributed by atoms with Gasteiger partial charge in [-0.3, -0.25) is 13.9 Å². The molecule has 2 fully saturated rings. The van der Waals surface area contributed by atoms with Crippen LogP contribution >= 0.6 is 7.60 Å². The standard InChI is InChI=1S/C29H48NO6P/c1-3-12-26(36-37(34,35-4-2)20-11-17-22-13-7-5-8-14-22)29(33)30-25(21-23-15-9-6-10-16-23)28(32)27(31)24-18-19-24/h5,7-8,13-14,23-28,31-32H,3-4,6,9-12,15-21H2,1-2H3,(H,30,33)/t25-,26-,27-,28+,37?/m0/s1. The molecule has 0 spiro atoms. The van der Waals surface area contributed by atoms with E-state index in [-0.39, 0.29) is 24.6 Å². The van der Waals surface area contributed by atoms with Gasteiger partial charge in [0.05, 0.1) is 24.9 Å². The fourth-order valence-electron chi connectivity index (χ4n) is 5.45. The Balaban J connectivity index is 1.65. The summed E-state index contributed by atoms with van der Waals surface area (Å²) < 4.78 is 25.2. The van der Waals surface area contributed by atoms with Crippen LogP contribution < -0.4 is 5.32 Å². The Bertz CT molecular complexity index is 842. The van der Waals surface area contributed by atoms with Crippen LogP contribution in [0.4, 0.5) is 0 Å². The summed E-state index contributed by atoms with van der Waals surface area (Å²) in [5.74, 6) is 0.136. The number of carbonyl (C=O) groups is 1. The number of hydrogen-bond acceptors (Lipinski definition) is 6. The van der Waals surface area contributed by atoms with E-state index in [1.165, 1.54) is 6.42 Å². The highest BCUT2D eigenvalue weighted by Gasteiger charge is 2.40. The van der Waals surface area contributed by atoms with Gasteiger partial charge in [0.25, 0.3) is 0 Å². The number of aliphatic hydroxyl groups is 2. The molecular weight excluding hydrogens is 489 g/mol. The monoisotopic (exact) mass is 537 g/mol. The molecule has 5 atom stereocenters. The summed E-state index contributed by atoms with van der Waals surface area (Å²) in [5.41, 5.74) is 1.15. The van der Waals surface area contributed by atoms with Gasteiger partial charge in [-0.2, -0.15) is 0 Å². The van der Waals surface area contributed by atoms with Crippen LogP contribution in [-0.4, -0.2) is 53.2 Å². The zero-order valence-electron chi connectivity index (χ0n) is 22.7. The van der Waals surface area contributed by atoms with Crippen molar-refractivity contribution >= 4 is 13.5 Å². The van der Waals surface area contributed by atoms with Crippen molar-refractivity contribution in [3.8, 4) is 0 Å². The minimum absolute atomic E-state index is 0.103. The molecule has 1 aromatic rings. The Morgan fingerprint density at radius 2 is 1.78 bits per heavy atom. The highest BCUT2D eigenvalue weighted by Crippen LogP contribution is 2.50. The van der Waals surface area contributed by atoms with Gasteiger partial charge in [0.2, 0.25) is 5.91 Å². The van der Waals surface area contributed by atoms with E-state index in [0.29, 0.717) is 31.6 Å². The van der Waals surface area contributed by atoms with Crippen LogP contribution in [0.5, 0.6) is 0 Å². The molecule has 2 aliphatic rings. The summed E-state index contributed by atoms with van der Waals surface area (Å²) in [7, 11) is -3.50. The molecule has 8 heteroatoms. The zero-order valence-corrected chi connectivity index (χ0v) is 23.6. The highest BCUT2D eigenvalue weighted by molar-refractivity contribution is 7.53. The molecule has 2 saturated carbocycles. The first kappa shape index (κ1) is 30.3. The van der Waals surface area contributed by atoms with Crippen molar-refractivity contribution in [2.24, 2.45) is 11.8 Å². The van der Waals surface area contributed by atoms with Crippen molar-refractivity contribution in [2.75, 3.05) is 12.8 Å². The Kier molecular flexibility index (Phi) is 12.6. The quantitative estimate of drug-likeness (QED) is 0.223. The number of carbonyl (C=O) groups excluding carboxylic acids is 1. The third kappa shape index (κ3) is 10.1. The first-order chi connectivity index (χ1) is 17.8. The number of hydrogen-bond donors (Lipinski definition) is 3. The fraction of sp³-hybridized carbons (Fsp3) is 0.759. The maximum atomic E-state index is 13.6. The topological polar surface area (TPSA) is 105 Å². The van der Waals surface area contributed by atoms with E-state index in [0.717, 1.165) is 50.5 Å². The molecule has 0 heterocycles. The van der Waals surface area contributed by atoms with E-state index < -0.39 is 31.9 Å². The van der Waals surface area contributed by atoms with Gasteiger partial charge in [0, 0.05) is 0 Å². The lowest BCUT2D eigenvalue weighted by atomic mass is 9.82. The Labute approximate surface area is 223 Å². The summed E-state index contributed by atoms with van der Waals surface area (Å²) in [6, 6.07) is 9.44. The minimum atomic E-state index is -3.50. The van der Waals surface area contributed by atoms with Crippen molar-refractivity contribution in [2.45, 2.75) is 115 Å². The predicted molar refractivity (Wildman–Crippen MR) is 147 cm³/mol. The van der Waals surface area contributed by atoms with Crippen LogP contribution in [-0.2, 0) is 24.8 Å². The van der Waals surface area contributed by atoms with E-state index in [2.05, 4.69) is 5.32 Å². The molecule has 1 unspecified atom stereocenters. The van der Waals surface area contributed by atoms with Crippen molar-refractivity contribution in [1.29, 1.82) is 0 Å². The van der Waals surface area contributed by atoms with E-state index in [4.69, 9.17) is 9.05 Å². The molecule has 0 aromatic heterocycles. The van der Waals surface area contributed by atoms with Crippen LogP contribution in [0.25, 0.3) is 0 Å². The van der Waals surface area contributed by atoms with Crippen molar-refractivity contribution in [3.63, 3.8) is 0 Å². The second-order valence-electron chi connectivity index (χ2n) is 10.9. The molecule has 2 aliphatic carbocycles. The number of nitrogens with one attached hydrogen (secondary N) is 1. The first-order valence-corrected chi connectivity index (χ1v) is 16.2. The maximum Gasteiger partial charge on any atom is 0.331 e. The molecular formula is C29H48NO6P. The second-order valence-corrected chi connectivity index (χ2v) is 13.0. The predicted octanol–water partition coefficient (Wildman–Crippen LogP) is 5.62. The highest BCUT2D eigenvalue weighted by atomic mass is 31.2. The van der Waals surface area contributed by atoms with Gasteiger partial charge in [-0.25, -0.2) is 0 Å². The van der Waals surface area contributed by atoms with Gasteiger partial charge < -0.3 is 20.1 Å².